The molecule has 0 spiro atoms. The molecule has 0 amide bonds. The van der Waals surface area contributed by atoms with Crippen molar-refractivity contribution in [2.75, 3.05) is 0 Å². The van der Waals surface area contributed by atoms with E-state index in [1.165, 1.54) is 5.56 Å². The molecule has 0 saturated heterocycles. The lowest BCUT2D eigenvalue weighted by atomic mass is 9.97. The van der Waals surface area contributed by atoms with E-state index in [4.69, 9.17) is 0 Å². The number of hydrogen-bond donors (Lipinski definition) is 1. The molecule has 1 saturated carbocycles. The van der Waals surface area contributed by atoms with Crippen LogP contribution in [0.3, 0.4) is 0 Å². The van der Waals surface area contributed by atoms with Gasteiger partial charge in [-0.25, -0.2) is 0 Å². The zero-order valence-corrected chi connectivity index (χ0v) is 11.1. The zero-order chi connectivity index (χ0) is 15.0. The molecule has 1 aliphatic rings. The molecule has 1 aliphatic carbocycles. The standard InChI is InChI=1S/C16H14F3NO/c17-16(18,19)14-7-8-20-9-13(14)15(21)12-5-3-11(4-6-12)10-1-2-10/h3-10,15,21H,1-2H2. The molecule has 1 N–H and O–H groups in total. The molecule has 110 valence electrons. The van der Waals surface area contributed by atoms with Crippen LogP contribution in [-0.2, 0) is 6.18 Å². The second-order valence-electron chi connectivity index (χ2n) is 5.30. The van der Waals surface area contributed by atoms with Gasteiger partial charge in [0.05, 0.1) is 5.56 Å². The van der Waals surface area contributed by atoms with Crippen LogP contribution in [0.4, 0.5) is 13.2 Å². The molecule has 0 radical (unpaired) electrons. The third-order valence-corrected chi connectivity index (χ3v) is 3.75. The maximum absolute atomic E-state index is 13.0. The highest BCUT2D eigenvalue weighted by atomic mass is 19.4. The molecule has 1 fully saturated rings. The first-order chi connectivity index (χ1) is 9.97. The van der Waals surface area contributed by atoms with Gasteiger partial charge in [0.15, 0.2) is 0 Å². The van der Waals surface area contributed by atoms with Crippen LogP contribution >= 0.6 is 0 Å². The molecule has 0 bridgehead atoms. The molecule has 21 heavy (non-hydrogen) atoms. The van der Waals surface area contributed by atoms with Gasteiger partial charge in [0.2, 0.25) is 0 Å². The van der Waals surface area contributed by atoms with Gasteiger partial charge in [-0.15, -0.1) is 0 Å². The summed E-state index contributed by atoms with van der Waals surface area (Å²) in [5, 5.41) is 10.2. The second kappa shape index (κ2) is 5.15. The SMILES string of the molecule is OC(c1ccc(C2CC2)cc1)c1cnccc1C(F)(F)F. The van der Waals surface area contributed by atoms with Crippen LogP contribution in [0.15, 0.2) is 42.7 Å². The Balaban J connectivity index is 1.92. The Bertz CT molecular complexity index is 633. The number of nitrogens with zero attached hydrogens (tertiary/aromatic N) is 1. The predicted molar refractivity (Wildman–Crippen MR) is 71.7 cm³/mol. The number of aromatic nitrogens is 1. The lowest BCUT2D eigenvalue weighted by Gasteiger charge is -2.17. The number of halogens is 3. The van der Waals surface area contributed by atoms with Crippen molar-refractivity contribution in [1.82, 2.24) is 4.98 Å². The van der Waals surface area contributed by atoms with Crippen LogP contribution in [0.25, 0.3) is 0 Å². The van der Waals surface area contributed by atoms with Crippen molar-refractivity contribution in [3.8, 4) is 0 Å². The molecular formula is C16H14F3NO. The number of aliphatic hydroxyl groups is 1. The van der Waals surface area contributed by atoms with E-state index in [9.17, 15) is 18.3 Å². The Labute approximate surface area is 120 Å². The van der Waals surface area contributed by atoms with Crippen molar-refractivity contribution in [2.24, 2.45) is 0 Å². The Morgan fingerprint density at radius 1 is 1.10 bits per heavy atom. The Morgan fingerprint density at radius 3 is 2.33 bits per heavy atom. The van der Waals surface area contributed by atoms with Crippen LogP contribution in [-0.4, -0.2) is 10.1 Å². The van der Waals surface area contributed by atoms with Crippen LogP contribution in [0.1, 0.15) is 47.1 Å². The van der Waals surface area contributed by atoms with Gasteiger partial charge in [-0.2, -0.15) is 13.2 Å². The third kappa shape index (κ3) is 2.93. The smallest absolute Gasteiger partial charge is 0.384 e. The van der Waals surface area contributed by atoms with Crippen molar-refractivity contribution in [1.29, 1.82) is 0 Å². The van der Waals surface area contributed by atoms with Gasteiger partial charge in [0.25, 0.3) is 0 Å². The number of hydrogen-bond acceptors (Lipinski definition) is 2. The number of pyridine rings is 1. The van der Waals surface area contributed by atoms with E-state index in [-0.39, 0.29) is 5.56 Å². The summed E-state index contributed by atoms with van der Waals surface area (Å²) in [6.45, 7) is 0. The summed E-state index contributed by atoms with van der Waals surface area (Å²) in [5.74, 6) is 0.570. The number of rotatable bonds is 3. The quantitative estimate of drug-likeness (QED) is 0.925. The van der Waals surface area contributed by atoms with Crippen molar-refractivity contribution in [3.63, 3.8) is 0 Å². The first-order valence-electron chi connectivity index (χ1n) is 6.76. The summed E-state index contributed by atoms with van der Waals surface area (Å²) in [6, 6.07) is 8.01. The fourth-order valence-corrected chi connectivity index (χ4v) is 2.43. The van der Waals surface area contributed by atoms with Crippen molar-refractivity contribution in [3.05, 3.63) is 65.0 Å². The van der Waals surface area contributed by atoms with Gasteiger partial charge >= 0.3 is 6.18 Å². The lowest BCUT2D eigenvalue weighted by molar-refractivity contribution is -0.139. The van der Waals surface area contributed by atoms with E-state index in [0.29, 0.717) is 11.5 Å². The Kier molecular flexibility index (Phi) is 3.45. The minimum atomic E-state index is -4.51. The second-order valence-corrected chi connectivity index (χ2v) is 5.30. The Morgan fingerprint density at radius 2 is 1.76 bits per heavy atom. The van der Waals surface area contributed by atoms with Gasteiger partial charge in [0, 0.05) is 18.0 Å². The van der Waals surface area contributed by atoms with E-state index in [1.54, 1.807) is 12.1 Å². The van der Waals surface area contributed by atoms with Crippen molar-refractivity contribution >= 4 is 0 Å². The van der Waals surface area contributed by atoms with Crippen LogP contribution in [0, 0.1) is 0 Å². The van der Waals surface area contributed by atoms with Gasteiger partial charge in [0.1, 0.15) is 6.10 Å². The van der Waals surface area contributed by atoms with E-state index in [0.717, 1.165) is 31.3 Å². The molecule has 1 unspecified atom stereocenters. The van der Waals surface area contributed by atoms with Gasteiger partial charge < -0.3 is 5.11 Å². The summed E-state index contributed by atoms with van der Waals surface area (Å²) in [6.07, 6.45) is -1.38. The molecule has 1 heterocycles. The highest BCUT2D eigenvalue weighted by molar-refractivity contribution is 5.37. The van der Waals surface area contributed by atoms with E-state index in [2.05, 4.69) is 4.98 Å². The molecule has 2 nitrogen and oxygen atoms in total. The fourth-order valence-electron chi connectivity index (χ4n) is 2.43. The number of benzene rings is 1. The average Bonchev–Trinajstić information content (AvgIpc) is 3.30. The van der Waals surface area contributed by atoms with Gasteiger partial charge in [-0.3, -0.25) is 4.98 Å². The molecule has 5 heteroatoms. The van der Waals surface area contributed by atoms with Crippen molar-refractivity contribution < 1.29 is 18.3 Å². The fraction of sp³-hybridized carbons (Fsp3) is 0.312. The molecular weight excluding hydrogens is 279 g/mol. The maximum atomic E-state index is 13.0. The molecule has 0 aliphatic heterocycles. The molecule has 3 rings (SSSR count). The minimum absolute atomic E-state index is 0.218. The van der Waals surface area contributed by atoms with Crippen molar-refractivity contribution in [2.45, 2.75) is 31.0 Å². The zero-order valence-electron chi connectivity index (χ0n) is 11.1. The van der Waals surface area contributed by atoms with E-state index >= 15 is 0 Å². The number of aliphatic hydroxyl groups excluding tert-OH is 1. The van der Waals surface area contributed by atoms with Crippen LogP contribution in [0.2, 0.25) is 0 Å². The highest BCUT2D eigenvalue weighted by Crippen LogP contribution is 2.41. The minimum Gasteiger partial charge on any atom is -0.384 e. The molecule has 2 aromatic rings. The first-order valence-corrected chi connectivity index (χ1v) is 6.76. The molecule has 1 atom stereocenters. The molecule has 1 aromatic heterocycles. The monoisotopic (exact) mass is 293 g/mol. The normalized spacial score (nSPS) is 16.8. The largest absolute Gasteiger partial charge is 0.416 e. The van der Waals surface area contributed by atoms with Crippen LogP contribution in [0.5, 0.6) is 0 Å². The summed E-state index contributed by atoms with van der Waals surface area (Å²) >= 11 is 0. The summed E-state index contributed by atoms with van der Waals surface area (Å²) in [5.41, 5.74) is 0.548. The van der Waals surface area contributed by atoms with E-state index < -0.39 is 17.8 Å². The van der Waals surface area contributed by atoms with Crippen LogP contribution < -0.4 is 0 Å². The third-order valence-electron chi connectivity index (χ3n) is 3.75. The summed E-state index contributed by atoms with van der Waals surface area (Å²) < 4.78 is 38.9. The van der Waals surface area contributed by atoms with Gasteiger partial charge in [-0.1, -0.05) is 24.3 Å². The molecule has 1 aromatic carbocycles. The highest BCUT2D eigenvalue weighted by Gasteiger charge is 2.35. The summed E-state index contributed by atoms with van der Waals surface area (Å²) in [4.78, 5) is 3.70. The lowest BCUT2D eigenvalue weighted by Crippen LogP contribution is -2.13. The predicted octanol–water partition coefficient (Wildman–Crippen LogP) is 4.06. The average molecular weight is 293 g/mol. The topological polar surface area (TPSA) is 33.1 Å². The summed E-state index contributed by atoms with van der Waals surface area (Å²) in [7, 11) is 0. The number of alkyl halides is 3. The van der Waals surface area contributed by atoms with Gasteiger partial charge in [-0.05, 0) is 36.0 Å². The maximum Gasteiger partial charge on any atom is 0.416 e. The Hall–Kier alpha value is -1.88. The van der Waals surface area contributed by atoms with E-state index in [1.807, 2.05) is 12.1 Å². The first kappa shape index (κ1) is 14.1.